The summed E-state index contributed by atoms with van der Waals surface area (Å²) in [6.07, 6.45) is 2.54. The van der Waals surface area contributed by atoms with Crippen molar-refractivity contribution in [3.63, 3.8) is 0 Å². The maximum atomic E-state index is 2.46. The van der Waals surface area contributed by atoms with Crippen LogP contribution in [0.3, 0.4) is 0 Å². The Morgan fingerprint density at radius 1 is 0.739 bits per heavy atom. The lowest BCUT2D eigenvalue weighted by Gasteiger charge is -2.42. The molecule has 0 spiro atoms. The Morgan fingerprint density at radius 2 is 1.39 bits per heavy atom. The summed E-state index contributed by atoms with van der Waals surface area (Å²) in [6, 6.07) is 14.0. The van der Waals surface area contributed by atoms with E-state index in [2.05, 4.69) is 74.9 Å². The molecule has 118 valence electrons. The highest BCUT2D eigenvalue weighted by molar-refractivity contribution is 7.08. The lowest BCUT2D eigenvalue weighted by atomic mass is 9.63. The van der Waals surface area contributed by atoms with Crippen LogP contribution < -0.4 is 0 Å². The van der Waals surface area contributed by atoms with E-state index in [1.165, 1.54) is 34.7 Å². The summed E-state index contributed by atoms with van der Waals surface area (Å²) in [7, 11) is 0. The lowest BCUT2D eigenvalue weighted by molar-refractivity contribution is 0.332. The number of rotatable bonds is 1. The van der Waals surface area contributed by atoms with Crippen molar-refractivity contribution in [3.8, 4) is 11.1 Å². The topological polar surface area (TPSA) is 0 Å². The van der Waals surface area contributed by atoms with Crippen LogP contribution in [0.4, 0.5) is 0 Å². The minimum absolute atomic E-state index is 0.275. The second-order valence-electron chi connectivity index (χ2n) is 8.24. The molecule has 1 aromatic heterocycles. The van der Waals surface area contributed by atoms with Gasteiger partial charge in [-0.25, -0.2) is 0 Å². The first-order chi connectivity index (χ1) is 10.9. The SMILES string of the molecule is CC1(C)CCC(C)(C)c2cc3cc(-c4ccsc4)ccc3cc21. The fraction of sp³-hybridized carbons (Fsp3) is 0.364. The summed E-state index contributed by atoms with van der Waals surface area (Å²) in [5.41, 5.74) is 6.30. The third kappa shape index (κ3) is 2.42. The van der Waals surface area contributed by atoms with Gasteiger partial charge in [0, 0.05) is 0 Å². The fourth-order valence-corrected chi connectivity index (χ4v) is 4.59. The first kappa shape index (κ1) is 15.0. The molecule has 0 atom stereocenters. The van der Waals surface area contributed by atoms with Crippen LogP contribution in [0, 0.1) is 0 Å². The molecule has 0 bridgehead atoms. The minimum Gasteiger partial charge on any atom is -0.152 e. The number of fused-ring (bicyclic) bond motifs is 2. The molecule has 0 radical (unpaired) electrons. The van der Waals surface area contributed by atoms with E-state index in [1.807, 2.05) is 0 Å². The summed E-state index contributed by atoms with van der Waals surface area (Å²) in [5, 5.41) is 7.12. The van der Waals surface area contributed by atoms with E-state index in [4.69, 9.17) is 0 Å². The van der Waals surface area contributed by atoms with Crippen LogP contribution >= 0.6 is 11.3 Å². The Kier molecular flexibility index (Phi) is 3.22. The van der Waals surface area contributed by atoms with Gasteiger partial charge in [0.25, 0.3) is 0 Å². The predicted molar refractivity (Wildman–Crippen MR) is 103 cm³/mol. The van der Waals surface area contributed by atoms with Crippen molar-refractivity contribution < 1.29 is 0 Å². The van der Waals surface area contributed by atoms with Crippen LogP contribution in [0.2, 0.25) is 0 Å². The molecule has 0 fully saturated rings. The van der Waals surface area contributed by atoms with E-state index in [-0.39, 0.29) is 10.8 Å². The molecule has 1 aliphatic rings. The Hall–Kier alpha value is -1.60. The van der Waals surface area contributed by atoms with Crippen molar-refractivity contribution in [2.75, 3.05) is 0 Å². The van der Waals surface area contributed by atoms with E-state index in [0.717, 1.165) is 0 Å². The van der Waals surface area contributed by atoms with Crippen LogP contribution in [0.1, 0.15) is 51.7 Å². The standard InChI is InChI=1S/C22H24S/c1-21(2)8-9-22(3,4)20-13-18-11-15(17-7-10-23-14-17)5-6-16(18)12-19(20)21/h5-7,10-14H,8-9H2,1-4H3. The van der Waals surface area contributed by atoms with E-state index < -0.39 is 0 Å². The first-order valence-corrected chi connectivity index (χ1v) is 9.42. The molecule has 0 saturated carbocycles. The molecule has 0 unspecified atom stereocenters. The highest BCUT2D eigenvalue weighted by Gasteiger charge is 2.37. The molecule has 0 amide bonds. The number of hydrogen-bond acceptors (Lipinski definition) is 1. The highest BCUT2D eigenvalue weighted by Crippen LogP contribution is 2.47. The molecule has 1 heteroatoms. The van der Waals surface area contributed by atoms with E-state index in [1.54, 1.807) is 22.5 Å². The quantitative estimate of drug-likeness (QED) is 0.456. The molecule has 1 aliphatic carbocycles. The molecule has 0 saturated heterocycles. The second-order valence-corrected chi connectivity index (χ2v) is 9.02. The highest BCUT2D eigenvalue weighted by atomic mass is 32.1. The molecule has 4 rings (SSSR count). The van der Waals surface area contributed by atoms with Crippen molar-refractivity contribution in [2.24, 2.45) is 0 Å². The molecule has 0 aliphatic heterocycles. The molecular weight excluding hydrogens is 296 g/mol. The van der Waals surface area contributed by atoms with Gasteiger partial charge in [-0.1, -0.05) is 52.0 Å². The molecule has 1 heterocycles. The van der Waals surface area contributed by atoms with Gasteiger partial charge in [-0.3, -0.25) is 0 Å². The maximum absolute atomic E-state index is 2.46. The van der Waals surface area contributed by atoms with Crippen molar-refractivity contribution in [1.29, 1.82) is 0 Å². The first-order valence-electron chi connectivity index (χ1n) is 8.48. The molecule has 2 aromatic carbocycles. The van der Waals surface area contributed by atoms with Crippen LogP contribution in [0.15, 0.2) is 47.2 Å². The summed E-state index contributed by atoms with van der Waals surface area (Å²) in [5.74, 6) is 0. The van der Waals surface area contributed by atoms with Gasteiger partial charge in [-0.2, -0.15) is 11.3 Å². The second kappa shape index (κ2) is 4.95. The monoisotopic (exact) mass is 320 g/mol. The number of thiophene rings is 1. The van der Waals surface area contributed by atoms with E-state index in [0.29, 0.717) is 0 Å². The van der Waals surface area contributed by atoms with Gasteiger partial charge in [0.05, 0.1) is 0 Å². The molecule has 23 heavy (non-hydrogen) atoms. The summed E-state index contributed by atoms with van der Waals surface area (Å²) in [4.78, 5) is 0. The normalized spacial score (nSPS) is 18.8. The van der Waals surface area contributed by atoms with Gasteiger partial charge in [0.15, 0.2) is 0 Å². The van der Waals surface area contributed by atoms with Crippen LogP contribution in [0.5, 0.6) is 0 Å². The zero-order valence-corrected chi connectivity index (χ0v) is 15.3. The van der Waals surface area contributed by atoms with Gasteiger partial charge < -0.3 is 0 Å². The smallest absolute Gasteiger partial charge is 0.00147 e. The van der Waals surface area contributed by atoms with Crippen LogP contribution in [-0.2, 0) is 10.8 Å². The van der Waals surface area contributed by atoms with E-state index in [9.17, 15) is 0 Å². The van der Waals surface area contributed by atoms with Crippen LogP contribution in [-0.4, -0.2) is 0 Å². The fourth-order valence-electron chi connectivity index (χ4n) is 3.92. The Balaban J connectivity index is 1.95. The molecular formula is C22H24S. The summed E-state index contributed by atoms with van der Waals surface area (Å²) < 4.78 is 0. The van der Waals surface area contributed by atoms with Crippen molar-refractivity contribution >= 4 is 22.1 Å². The number of hydrogen-bond donors (Lipinski definition) is 0. The molecule has 3 aromatic rings. The van der Waals surface area contributed by atoms with Gasteiger partial charge in [-0.05, 0) is 79.6 Å². The average molecular weight is 321 g/mol. The number of benzene rings is 2. The predicted octanol–water partition coefficient (Wildman–Crippen LogP) is 6.92. The summed E-state index contributed by atoms with van der Waals surface area (Å²) >= 11 is 1.76. The minimum atomic E-state index is 0.275. The average Bonchev–Trinajstić information content (AvgIpc) is 3.05. The Morgan fingerprint density at radius 3 is 2.00 bits per heavy atom. The zero-order valence-electron chi connectivity index (χ0n) is 14.4. The maximum Gasteiger partial charge on any atom is -0.00147 e. The van der Waals surface area contributed by atoms with Crippen molar-refractivity contribution in [2.45, 2.75) is 51.4 Å². The Labute approximate surface area is 143 Å². The molecule has 0 N–H and O–H groups in total. The lowest BCUT2D eigenvalue weighted by Crippen LogP contribution is -2.33. The largest absolute Gasteiger partial charge is 0.152 e. The molecule has 0 nitrogen and oxygen atoms in total. The van der Waals surface area contributed by atoms with Gasteiger partial charge in [0.2, 0.25) is 0 Å². The van der Waals surface area contributed by atoms with Gasteiger partial charge in [0.1, 0.15) is 0 Å². The van der Waals surface area contributed by atoms with E-state index >= 15 is 0 Å². The third-order valence-electron chi connectivity index (χ3n) is 5.66. The van der Waals surface area contributed by atoms with Gasteiger partial charge >= 0.3 is 0 Å². The van der Waals surface area contributed by atoms with Gasteiger partial charge in [-0.15, -0.1) is 0 Å². The van der Waals surface area contributed by atoms with Crippen molar-refractivity contribution in [1.82, 2.24) is 0 Å². The zero-order chi connectivity index (χ0) is 16.2. The van der Waals surface area contributed by atoms with Crippen molar-refractivity contribution in [3.05, 3.63) is 58.3 Å². The Bertz CT molecular complexity index is 866. The van der Waals surface area contributed by atoms with Crippen LogP contribution in [0.25, 0.3) is 21.9 Å². The third-order valence-corrected chi connectivity index (χ3v) is 6.35. The summed E-state index contributed by atoms with van der Waals surface area (Å²) in [6.45, 7) is 9.59.